The molecule has 1 aromatic rings. The number of hydrogen-bond donors (Lipinski definition) is 1. The van der Waals surface area contributed by atoms with Crippen LogP contribution in [-0.2, 0) is 5.41 Å². The lowest BCUT2D eigenvalue weighted by molar-refractivity contribution is -0.387. The zero-order valence-corrected chi connectivity index (χ0v) is 9.49. The summed E-state index contributed by atoms with van der Waals surface area (Å²) in [7, 11) is 0. The van der Waals surface area contributed by atoms with Gasteiger partial charge in [-0.25, -0.2) is 0 Å². The maximum atomic E-state index is 14.1. The molecule has 2 rings (SSSR count). The smallest absolute Gasteiger partial charge is 0.305 e. The second-order valence-corrected chi connectivity index (χ2v) is 4.57. The van der Waals surface area contributed by atoms with Crippen molar-refractivity contribution in [2.24, 2.45) is 5.73 Å². The Morgan fingerprint density at radius 1 is 1.47 bits per heavy atom. The average molecular weight is 238 g/mol. The van der Waals surface area contributed by atoms with E-state index in [1.54, 1.807) is 12.1 Å². The minimum absolute atomic E-state index is 0.273. The first-order valence-electron chi connectivity index (χ1n) is 5.74. The summed E-state index contributed by atoms with van der Waals surface area (Å²) in [6, 6.07) is 4.40. The van der Waals surface area contributed by atoms with Crippen molar-refractivity contribution in [1.29, 1.82) is 0 Å². The normalized spacial score (nSPS) is 17.5. The molecule has 17 heavy (non-hydrogen) atoms. The van der Waals surface area contributed by atoms with Crippen LogP contribution in [0.4, 0.5) is 10.1 Å². The van der Waals surface area contributed by atoms with E-state index in [1.165, 1.54) is 6.07 Å². The summed E-state index contributed by atoms with van der Waals surface area (Å²) >= 11 is 0. The Kier molecular flexibility index (Phi) is 3.11. The predicted molar refractivity (Wildman–Crippen MR) is 62.3 cm³/mol. The molecule has 0 aliphatic heterocycles. The van der Waals surface area contributed by atoms with E-state index in [2.05, 4.69) is 0 Å². The molecule has 0 heterocycles. The van der Waals surface area contributed by atoms with Gasteiger partial charge < -0.3 is 5.73 Å². The van der Waals surface area contributed by atoms with Gasteiger partial charge in [-0.3, -0.25) is 10.1 Å². The maximum Gasteiger partial charge on any atom is 0.305 e. The van der Waals surface area contributed by atoms with E-state index in [0.717, 1.165) is 19.3 Å². The molecule has 0 bridgehead atoms. The highest BCUT2D eigenvalue weighted by molar-refractivity contribution is 5.41. The lowest BCUT2D eigenvalue weighted by atomic mass is 9.62. The first-order chi connectivity index (χ1) is 8.10. The van der Waals surface area contributed by atoms with Crippen molar-refractivity contribution in [2.45, 2.75) is 31.1 Å². The maximum absolute atomic E-state index is 14.1. The fourth-order valence-electron chi connectivity index (χ4n) is 2.60. The number of benzene rings is 1. The van der Waals surface area contributed by atoms with Gasteiger partial charge in [0, 0.05) is 11.6 Å². The van der Waals surface area contributed by atoms with Gasteiger partial charge in [0.05, 0.1) is 4.92 Å². The Bertz CT molecular complexity index is 444. The number of nitro benzene ring substituents is 1. The fraction of sp³-hybridized carbons (Fsp3) is 0.500. The summed E-state index contributed by atoms with van der Waals surface area (Å²) in [5.41, 5.74) is 5.30. The van der Waals surface area contributed by atoms with Gasteiger partial charge in [-0.05, 0) is 31.2 Å². The molecule has 0 unspecified atom stereocenters. The Morgan fingerprint density at radius 2 is 2.18 bits per heavy atom. The fourth-order valence-corrected chi connectivity index (χ4v) is 2.60. The van der Waals surface area contributed by atoms with Gasteiger partial charge in [0.1, 0.15) is 0 Å². The molecule has 1 aromatic carbocycles. The quantitative estimate of drug-likeness (QED) is 0.647. The summed E-state index contributed by atoms with van der Waals surface area (Å²) in [5.74, 6) is -0.689. The number of halogens is 1. The summed E-state index contributed by atoms with van der Waals surface area (Å²) in [5, 5.41) is 10.7. The third-order valence-corrected chi connectivity index (χ3v) is 3.68. The number of hydrogen-bond acceptors (Lipinski definition) is 3. The van der Waals surface area contributed by atoms with Crippen molar-refractivity contribution < 1.29 is 9.31 Å². The van der Waals surface area contributed by atoms with Crippen LogP contribution in [0.2, 0.25) is 0 Å². The first kappa shape index (κ1) is 12.0. The lowest BCUT2D eigenvalue weighted by Gasteiger charge is -2.42. The van der Waals surface area contributed by atoms with Gasteiger partial charge in [0.15, 0.2) is 0 Å². The number of nitrogens with two attached hydrogens (primary N) is 1. The van der Waals surface area contributed by atoms with Crippen LogP contribution in [-0.4, -0.2) is 11.5 Å². The minimum Gasteiger partial charge on any atom is -0.330 e. The summed E-state index contributed by atoms with van der Waals surface area (Å²) in [6.07, 6.45) is 3.44. The van der Waals surface area contributed by atoms with E-state index in [-0.39, 0.29) is 5.41 Å². The Morgan fingerprint density at radius 3 is 2.65 bits per heavy atom. The van der Waals surface area contributed by atoms with Crippen molar-refractivity contribution in [3.63, 3.8) is 0 Å². The summed E-state index contributed by atoms with van der Waals surface area (Å²) in [6.45, 7) is 0.474. The van der Waals surface area contributed by atoms with Crippen molar-refractivity contribution in [3.05, 3.63) is 39.7 Å². The van der Waals surface area contributed by atoms with E-state index in [0.29, 0.717) is 18.5 Å². The van der Waals surface area contributed by atoms with E-state index >= 15 is 0 Å². The molecule has 0 amide bonds. The molecular formula is C12H15FN2O2. The van der Waals surface area contributed by atoms with Crippen molar-refractivity contribution >= 4 is 5.69 Å². The average Bonchev–Trinajstić information content (AvgIpc) is 2.24. The molecule has 1 saturated carbocycles. The highest BCUT2D eigenvalue weighted by atomic mass is 19.1. The largest absolute Gasteiger partial charge is 0.330 e. The van der Waals surface area contributed by atoms with Gasteiger partial charge >= 0.3 is 5.69 Å². The monoisotopic (exact) mass is 238 g/mol. The minimum atomic E-state index is -0.689. The molecule has 1 aliphatic rings. The molecule has 92 valence electrons. The second kappa shape index (κ2) is 4.41. The van der Waals surface area contributed by atoms with Crippen LogP contribution in [0.1, 0.15) is 31.2 Å². The standard InChI is InChI=1S/C12H15FN2O2/c13-11-9(3-1-4-10(11)15(16)17)12(7-8-14)5-2-6-12/h1,3-4H,2,5-8,14H2. The van der Waals surface area contributed by atoms with E-state index in [4.69, 9.17) is 5.73 Å². The predicted octanol–water partition coefficient (Wildman–Crippen LogP) is 2.50. The Hall–Kier alpha value is -1.49. The van der Waals surface area contributed by atoms with Crippen LogP contribution in [0, 0.1) is 15.9 Å². The topological polar surface area (TPSA) is 69.2 Å². The van der Waals surface area contributed by atoms with E-state index in [1.807, 2.05) is 0 Å². The number of rotatable bonds is 4. The molecule has 1 aliphatic carbocycles. The van der Waals surface area contributed by atoms with Gasteiger partial charge in [-0.15, -0.1) is 0 Å². The summed E-state index contributed by atoms with van der Waals surface area (Å²) in [4.78, 5) is 10.0. The van der Waals surface area contributed by atoms with Crippen LogP contribution < -0.4 is 5.73 Å². The first-order valence-corrected chi connectivity index (χ1v) is 5.74. The summed E-state index contributed by atoms with van der Waals surface area (Å²) < 4.78 is 14.1. The third kappa shape index (κ3) is 1.91. The molecule has 5 heteroatoms. The molecule has 2 N–H and O–H groups in total. The molecule has 4 nitrogen and oxygen atoms in total. The second-order valence-electron chi connectivity index (χ2n) is 4.57. The van der Waals surface area contributed by atoms with Gasteiger partial charge in [0.2, 0.25) is 5.82 Å². The van der Waals surface area contributed by atoms with Crippen LogP contribution in [0.3, 0.4) is 0 Å². The van der Waals surface area contributed by atoms with Crippen molar-refractivity contribution in [1.82, 2.24) is 0 Å². The third-order valence-electron chi connectivity index (χ3n) is 3.68. The molecule has 0 aromatic heterocycles. The van der Waals surface area contributed by atoms with Gasteiger partial charge in [0.25, 0.3) is 0 Å². The Labute approximate surface area is 98.8 Å². The molecule has 0 atom stereocenters. The highest BCUT2D eigenvalue weighted by Gasteiger charge is 2.41. The number of nitro groups is 1. The van der Waals surface area contributed by atoms with Gasteiger partial charge in [-0.1, -0.05) is 18.6 Å². The van der Waals surface area contributed by atoms with Crippen molar-refractivity contribution in [3.8, 4) is 0 Å². The van der Waals surface area contributed by atoms with E-state index < -0.39 is 16.4 Å². The molecule has 1 fully saturated rings. The molecule has 0 radical (unpaired) electrons. The zero-order chi connectivity index (χ0) is 12.5. The van der Waals surface area contributed by atoms with Crippen LogP contribution in [0.15, 0.2) is 18.2 Å². The molecular weight excluding hydrogens is 223 g/mol. The van der Waals surface area contributed by atoms with Crippen LogP contribution in [0.25, 0.3) is 0 Å². The zero-order valence-electron chi connectivity index (χ0n) is 9.49. The van der Waals surface area contributed by atoms with E-state index in [9.17, 15) is 14.5 Å². The number of nitrogens with zero attached hydrogens (tertiary/aromatic N) is 1. The van der Waals surface area contributed by atoms with Crippen LogP contribution in [0.5, 0.6) is 0 Å². The van der Waals surface area contributed by atoms with Crippen LogP contribution >= 0.6 is 0 Å². The lowest BCUT2D eigenvalue weighted by Crippen LogP contribution is -2.37. The molecule has 0 spiro atoms. The highest BCUT2D eigenvalue weighted by Crippen LogP contribution is 2.48. The molecule has 0 saturated heterocycles. The SMILES string of the molecule is NCCC1(c2cccc([N+](=O)[O-])c2F)CCC1. The van der Waals surface area contributed by atoms with Crippen molar-refractivity contribution in [2.75, 3.05) is 6.54 Å². The van der Waals surface area contributed by atoms with Gasteiger partial charge in [-0.2, -0.15) is 4.39 Å². The Balaban J connectivity index is 2.44.